The Balaban J connectivity index is 1.93. The molecule has 2 aromatic carbocycles. The average Bonchev–Trinajstić information content (AvgIpc) is 2.79. The summed E-state index contributed by atoms with van der Waals surface area (Å²) in [4.78, 5) is 14.2. The van der Waals surface area contributed by atoms with Gasteiger partial charge in [0.15, 0.2) is 5.11 Å². The first kappa shape index (κ1) is 15.7. The van der Waals surface area contributed by atoms with Crippen LogP contribution in [0.5, 0.6) is 0 Å². The summed E-state index contributed by atoms with van der Waals surface area (Å²) in [5, 5.41) is 4.03. The number of carbonyl (C=O) groups is 1. The Bertz CT molecular complexity index is 827. The standard InChI is InChI=1S/C18H15ClN2OS/c1-11-3-8-15(9-12(11)2)21-17(22)16(20-18(21)23)10-13-4-6-14(19)7-5-13/h3-10H,1-2H3,(H,20,23)/b16-10+. The second-order valence-electron chi connectivity index (χ2n) is 5.45. The van der Waals surface area contributed by atoms with Crippen LogP contribution in [0.1, 0.15) is 16.7 Å². The van der Waals surface area contributed by atoms with Gasteiger partial charge in [0.25, 0.3) is 5.91 Å². The SMILES string of the molecule is Cc1ccc(N2C(=O)/C(=C\c3ccc(Cl)cc3)NC2=S)cc1C. The number of benzene rings is 2. The van der Waals surface area contributed by atoms with Crippen molar-refractivity contribution >= 4 is 46.6 Å². The molecule has 1 N–H and O–H groups in total. The van der Waals surface area contributed by atoms with E-state index in [2.05, 4.69) is 5.32 Å². The van der Waals surface area contributed by atoms with Crippen molar-refractivity contribution < 1.29 is 4.79 Å². The number of rotatable bonds is 2. The Hall–Kier alpha value is -2.17. The van der Waals surface area contributed by atoms with Crippen molar-refractivity contribution in [1.29, 1.82) is 0 Å². The largest absolute Gasteiger partial charge is 0.327 e. The van der Waals surface area contributed by atoms with Crippen LogP contribution < -0.4 is 10.2 Å². The average molecular weight is 343 g/mol. The summed E-state index contributed by atoms with van der Waals surface area (Å²) >= 11 is 11.2. The lowest BCUT2D eigenvalue weighted by Crippen LogP contribution is -2.30. The van der Waals surface area contributed by atoms with Crippen molar-refractivity contribution in [3.05, 3.63) is 69.9 Å². The molecule has 1 amide bonds. The van der Waals surface area contributed by atoms with Crippen LogP contribution in [0.3, 0.4) is 0 Å². The Labute approximate surface area is 145 Å². The lowest BCUT2D eigenvalue weighted by molar-refractivity contribution is -0.113. The molecule has 0 unspecified atom stereocenters. The first-order valence-corrected chi connectivity index (χ1v) is 7.94. The first-order chi connectivity index (χ1) is 11.0. The van der Waals surface area contributed by atoms with E-state index in [-0.39, 0.29) is 5.91 Å². The second kappa shape index (κ2) is 6.14. The minimum Gasteiger partial charge on any atom is -0.327 e. The van der Waals surface area contributed by atoms with E-state index in [1.54, 1.807) is 18.2 Å². The fourth-order valence-corrected chi connectivity index (χ4v) is 2.78. The molecule has 0 atom stereocenters. The summed E-state index contributed by atoms with van der Waals surface area (Å²) in [6.07, 6.45) is 1.77. The van der Waals surface area contributed by atoms with Crippen molar-refractivity contribution in [3.8, 4) is 0 Å². The molecule has 1 fully saturated rings. The maximum atomic E-state index is 12.7. The molecule has 0 spiro atoms. The van der Waals surface area contributed by atoms with Crippen LogP contribution in [0.4, 0.5) is 5.69 Å². The summed E-state index contributed by atoms with van der Waals surface area (Å²) in [5.41, 5.74) is 4.41. The number of hydrogen-bond acceptors (Lipinski definition) is 2. The molecule has 0 saturated carbocycles. The predicted molar refractivity (Wildman–Crippen MR) is 98.6 cm³/mol. The molecule has 3 rings (SSSR count). The Morgan fingerprint density at radius 1 is 1.09 bits per heavy atom. The van der Waals surface area contributed by atoms with E-state index in [1.165, 1.54) is 10.5 Å². The van der Waals surface area contributed by atoms with Crippen LogP contribution in [0.2, 0.25) is 5.02 Å². The van der Waals surface area contributed by atoms with Gasteiger partial charge in [0.1, 0.15) is 5.70 Å². The molecule has 0 bridgehead atoms. The monoisotopic (exact) mass is 342 g/mol. The number of aryl methyl sites for hydroxylation is 2. The Kier molecular flexibility index (Phi) is 4.20. The van der Waals surface area contributed by atoms with E-state index < -0.39 is 0 Å². The zero-order valence-electron chi connectivity index (χ0n) is 12.8. The van der Waals surface area contributed by atoms with E-state index in [0.717, 1.165) is 16.8 Å². The summed E-state index contributed by atoms with van der Waals surface area (Å²) in [5.74, 6) is -0.159. The van der Waals surface area contributed by atoms with Gasteiger partial charge in [-0.3, -0.25) is 9.69 Å². The van der Waals surface area contributed by atoms with Crippen LogP contribution in [-0.2, 0) is 4.79 Å². The first-order valence-electron chi connectivity index (χ1n) is 7.15. The number of carbonyl (C=O) groups excluding carboxylic acids is 1. The van der Waals surface area contributed by atoms with Crippen molar-refractivity contribution in [3.63, 3.8) is 0 Å². The highest BCUT2D eigenvalue weighted by Crippen LogP contribution is 2.25. The number of nitrogens with one attached hydrogen (secondary N) is 1. The van der Waals surface area contributed by atoms with Crippen molar-refractivity contribution in [2.24, 2.45) is 0 Å². The summed E-state index contributed by atoms with van der Waals surface area (Å²) in [6, 6.07) is 13.1. The molecule has 1 heterocycles. The molecule has 1 saturated heterocycles. The number of nitrogens with zero attached hydrogens (tertiary/aromatic N) is 1. The van der Waals surface area contributed by atoms with Gasteiger partial charge in [0, 0.05) is 5.02 Å². The Morgan fingerprint density at radius 2 is 1.78 bits per heavy atom. The van der Waals surface area contributed by atoms with Crippen molar-refractivity contribution in [2.45, 2.75) is 13.8 Å². The third kappa shape index (κ3) is 3.14. The molecule has 5 heteroatoms. The predicted octanol–water partition coefficient (Wildman–Crippen LogP) is 4.22. The minimum atomic E-state index is -0.159. The van der Waals surface area contributed by atoms with Gasteiger partial charge in [0.2, 0.25) is 0 Å². The fourth-order valence-electron chi connectivity index (χ4n) is 2.36. The molecule has 3 nitrogen and oxygen atoms in total. The maximum Gasteiger partial charge on any atom is 0.281 e. The number of halogens is 1. The van der Waals surface area contributed by atoms with Gasteiger partial charge in [-0.2, -0.15) is 0 Å². The molecule has 1 aliphatic rings. The van der Waals surface area contributed by atoms with E-state index in [0.29, 0.717) is 15.8 Å². The van der Waals surface area contributed by atoms with Gasteiger partial charge in [-0.05, 0) is 73.1 Å². The zero-order valence-corrected chi connectivity index (χ0v) is 14.3. The molecule has 2 aromatic rings. The van der Waals surface area contributed by atoms with Crippen molar-refractivity contribution in [2.75, 3.05) is 4.90 Å². The van der Waals surface area contributed by atoms with Crippen LogP contribution in [0, 0.1) is 13.8 Å². The number of hydrogen-bond donors (Lipinski definition) is 1. The normalized spacial score (nSPS) is 16.1. The minimum absolute atomic E-state index is 0.159. The third-order valence-electron chi connectivity index (χ3n) is 3.81. The lowest BCUT2D eigenvalue weighted by atomic mass is 10.1. The highest BCUT2D eigenvalue weighted by Gasteiger charge is 2.31. The molecule has 0 aromatic heterocycles. The van der Waals surface area contributed by atoms with Crippen LogP contribution >= 0.6 is 23.8 Å². The molecular formula is C18H15ClN2OS. The van der Waals surface area contributed by atoms with Gasteiger partial charge >= 0.3 is 0 Å². The summed E-state index contributed by atoms with van der Waals surface area (Å²) in [7, 11) is 0. The van der Waals surface area contributed by atoms with Gasteiger partial charge < -0.3 is 5.32 Å². The highest BCUT2D eigenvalue weighted by molar-refractivity contribution is 7.80. The molecule has 1 aliphatic heterocycles. The van der Waals surface area contributed by atoms with Crippen LogP contribution in [-0.4, -0.2) is 11.0 Å². The second-order valence-corrected chi connectivity index (χ2v) is 6.27. The Morgan fingerprint density at radius 3 is 2.43 bits per heavy atom. The quantitative estimate of drug-likeness (QED) is 0.655. The smallest absolute Gasteiger partial charge is 0.281 e. The lowest BCUT2D eigenvalue weighted by Gasteiger charge is -2.15. The zero-order chi connectivity index (χ0) is 16.6. The number of thiocarbonyl (C=S) groups is 1. The van der Waals surface area contributed by atoms with Crippen molar-refractivity contribution in [1.82, 2.24) is 5.32 Å². The molecule has 116 valence electrons. The molecular weight excluding hydrogens is 328 g/mol. The number of amides is 1. The van der Waals surface area contributed by atoms with Gasteiger partial charge in [-0.15, -0.1) is 0 Å². The van der Waals surface area contributed by atoms with Gasteiger partial charge in [0.05, 0.1) is 5.69 Å². The van der Waals surface area contributed by atoms with E-state index in [4.69, 9.17) is 23.8 Å². The molecule has 23 heavy (non-hydrogen) atoms. The van der Waals surface area contributed by atoms with Crippen LogP contribution in [0.25, 0.3) is 6.08 Å². The van der Waals surface area contributed by atoms with E-state index in [9.17, 15) is 4.79 Å². The maximum absolute atomic E-state index is 12.7. The van der Waals surface area contributed by atoms with E-state index in [1.807, 2.05) is 44.2 Å². The summed E-state index contributed by atoms with van der Waals surface area (Å²) < 4.78 is 0. The number of anilines is 1. The van der Waals surface area contributed by atoms with Gasteiger partial charge in [-0.1, -0.05) is 29.8 Å². The third-order valence-corrected chi connectivity index (χ3v) is 4.34. The highest BCUT2D eigenvalue weighted by atomic mass is 35.5. The molecule has 0 radical (unpaired) electrons. The van der Waals surface area contributed by atoms with Gasteiger partial charge in [-0.25, -0.2) is 0 Å². The summed E-state index contributed by atoms with van der Waals surface area (Å²) in [6.45, 7) is 4.05. The van der Waals surface area contributed by atoms with E-state index >= 15 is 0 Å². The fraction of sp³-hybridized carbons (Fsp3) is 0.111. The van der Waals surface area contributed by atoms with Crippen LogP contribution in [0.15, 0.2) is 48.2 Å². The molecule has 0 aliphatic carbocycles. The topological polar surface area (TPSA) is 32.3 Å².